The van der Waals surface area contributed by atoms with E-state index in [9.17, 15) is 8.78 Å². The van der Waals surface area contributed by atoms with Crippen molar-refractivity contribution in [3.8, 4) is 0 Å². The number of guanidine groups is 1. The van der Waals surface area contributed by atoms with E-state index in [0.29, 0.717) is 45.0 Å². The quantitative estimate of drug-likeness (QED) is 0.342. The molecule has 0 unspecified atom stereocenters. The summed E-state index contributed by atoms with van der Waals surface area (Å²) in [6.45, 7) is 8.53. The molecule has 1 fully saturated rings. The van der Waals surface area contributed by atoms with Gasteiger partial charge in [-0.3, -0.25) is 9.67 Å². The highest BCUT2D eigenvalue weighted by Crippen LogP contribution is 2.22. The predicted octanol–water partition coefficient (Wildman–Crippen LogP) is 2.94. The molecule has 0 amide bonds. The molecule has 172 valence electrons. The highest BCUT2D eigenvalue weighted by atomic mass is 127. The second-order valence-electron chi connectivity index (χ2n) is 7.34. The molecule has 1 aromatic heterocycles. The van der Waals surface area contributed by atoms with E-state index in [1.165, 1.54) is 12.1 Å². The number of hydrogen-bond donors (Lipinski definition) is 1. The van der Waals surface area contributed by atoms with Crippen LogP contribution in [0.1, 0.15) is 17.0 Å². The van der Waals surface area contributed by atoms with Gasteiger partial charge in [-0.05, 0) is 26.0 Å². The Labute approximate surface area is 199 Å². The largest absolute Gasteiger partial charge is 0.383 e. The first-order chi connectivity index (χ1) is 14.4. The summed E-state index contributed by atoms with van der Waals surface area (Å²) in [5.74, 6) is -0.0373. The average molecular weight is 548 g/mol. The lowest BCUT2D eigenvalue weighted by Crippen LogP contribution is -2.52. The summed E-state index contributed by atoms with van der Waals surface area (Å²) in [5.41, 5.74) is 3.55. The van der Waals surface area contributed by atoms with Crippen LogP contribution in [0.25, 0.3) is 0 Å². The van der Waals surface area contributed by atoms with Gasteiger partial charge in [-0.15, -0.1) is 24.0 Å². The fraction of sp³-hybridized carbons (Fsp3) is 0.524. The minimum Gasteiger partial charge on any atom is -0.383 e. The summed E-state index contributed by atoms with van der Waals surface area (Å²) in [6, 6.07) is 3.57. The van der Waals surface area contributed by atoms with E-state index in [1.807, 2.05) is 16.5 Å². The Kier molecular flexibility index (Phi) is 9.48. The van der Waals surface area contributed by atoms with E-state index >= 15 is 0 Å². The number of aromatic nitrogens is 2. The van der Waals surface area contributed by atoms with Gasteiger partial charge in [0, 0.05) is 64.2 Å². The first-order valence-corrected chi connectivity index (χ1v) is 10.1. The molecule has 2 aromatic rings. The van der Waals surface area contributed by atoms with Crippen LogP contribution in [0.2, 0.25) is 0 Å². The first kappa shape index (κ1) is 25.3. The molecule has 7 nitrogen and oxygen atoms in total. The van der Waals surface area contributed by atoms with E-state index in [0.717, 1.165) is 35.5 Å². The van der Waals surface area contributed by atoms with Crippen LogP contribution in [-0.4, -0.2) is 67.6 Å². The summed E-state index contributed by atoms with van der Waals surface area (Å²) < 4.78 is 34.7. The van der Waals surface area contributed by atoms with Gasteiger partial charge in [0.25, 0.3) is 0 Å². The average Bonchev–Trinajstić information content (AvgIpc) is 3.02. The molecule has 3 rings (SSSR count). The van der Waals surface area contributed by atoms with Gasteiger partial charge in [-0.25, -0.2) is 8.78 Å². The van der Waals surface area contributed by atoms with E-state index in [1.54, 1.807) is 14.2 Å². The van der Waals surface area contributed by atoms with Crippen LogP contribution in [0.3, 0.4) is 0 Å². The number of aliphatic imine (C=N–C) groups is 1. The molecule has 10 heteroatoms. The number of hydrogen-bond acceptors (Lipinski definition) is 4. The molecule has 1 aromatic carbocycles. The Morgan fingerprint density at radius 2 is 1.90 bits per heavy atom. The number of halogens is 3. The third-order valence-corrected chi connectivity index (χ3v) is 5.50. The van der Waals surface area contributed by atoms with Crippen LogP contribution >= 0.6 is 24.0 Å². The molecule has 1 aliphatic heterocycles. The number of nitrogens with zero attached hydrogens (tertiary/aromatic N) is 5. The second kappa shape index (κ2) is 11.6. The van der Waals surface area contributed by atoms with Crippen molar-refractivity contribution in [2.75, 3.05) is 51.8 Å². The summed E-state index contributed by atoms with van der Waals surface area (Å²) >= 11 is 0. The van der Waals surface area contributed by atoms with Gasteiger partial charge in [-0.2, -0.15) is 5.10 Å². The van der Waals surface area contributed by atoms with E-state index in [-0.39, 0.29) is 24.0 Å². The molecule has 0 spiro atoms. The van der Waals surface area contributed by atoms with Crippen molar-refractivity contribution >= 4 is 35.6 Å². The maximum Gasteiger partial charge on any atom is 0.194 e. The van der Waals surface area contributed by atoms with Crippen molar-refractivity contribution < 1.29 is 13.5 Å². The Hall–Kier alpha value is -1.95. The molecule has 0 aliphatic carbocycles. The lowest BCUT2D eigenvalue weighted by molar-refractivity contribution is 0.182. The smallest absolute Gasteiger partial charge is 0.194 e. The van der Waals surface area contributed by atoms with Crippen LogP contribution in [0.5, 0.6) is 0 Å². The first-order valence-electron chi connectivity index (χ1n) is 10.1. The molecule has 0 saturated carbocycles. The normalized spacial score (nSPS) is 14.6. The van der Waals surface area contributed by atoms with Crippen LogP contribution in [0, 0.1) is 25.5 Å². The summed E-state index contributed by atoms with van der Waals surface area (Å²) in [5, 5.41) is 8.01. The van der Waals surface area contributed by atoms with Gasteiger partial charge in [0.05, 0.1) is 24.5 Å². The number of anilines is 1. The number of methoxy groups -OCH3 is 1. The Bertz CT molecular complexity index is 896. The van der Waals surface area contributed by atoms with Crippen LogP contribution < -0.4 is 10.2 Å². The number of aryl methyl sites for hydroxylation is 1. The molecule has 1 saturated heterocycles. The van der Waals surface area contributed by atoms with Gasteiger partial charge in [0.2, 0.25) is 0 Å². The van der Waals surface area contributed by atoms with Gasteiger partial charge in [-0.1, -0.05) is 0 Å². The van der Waals surface area contributed by atoms with Crippen molar-refractivity contribution in [1.82, 2.24) is 20.0 Å². The minimum atomic E-state index is -0.428. The fourth-order valence-corrected chi connectivity index (χ4v) is 3.77. The predicted molar refractivity (Wildman–Crippen MR) is 129 cm³/mol. The highest BCUT2D eigenvalue weighted by molar-refractivity contribution is 14.0. The van der Waals surface area contributed by atoms with E-state index in [2.05, 4.69) is 27.2 Å². The fourth-order valence-electron chi connectivity index (χ4n) is 3.77. The van der Waals surface area contributed by atoms with Crippen LogP contribution in [0.15, 0.2) is 23.2 Å². The van der Waals surface area contributed by atoms with Crippen molar-refractivity contribution in [2.24, 2.45) is 4.99 Å². The molecule has 0 radical (unpaired) electrons. The summed E-state index contributed by atoms with van der Waals surface area (Å²) in [7, 11) is 3.43. The number of benzene rings is 1. The Balaban J connectivity index is 0.00000341. The number of nitrogens with one attached hydrogen (secondary N) is 1. The lowest BCUT2D eigenvalue weighted by Gasteiger charge is -2.37. The summed E-state index contributed by atoms with van der Waals surface area (Å²) in [6.07, 6.45) is 0. The third-order valence-electron chi connectivity index (χ3n) is 5.50. The van der Waals surface area contributed by atoms with Crippen LogP contribution in [-0.2, 0) is 17.8 Å². The maximum atomic E-state index is 14.1. The molecule has 1 N–H and O–H groups in total. The van der Waals surface area contributed by atoms with Gasteiger partial charge in [0.1, 0.15) is 11.6 Å². The Morgan fingerprint density at radius 3 is 2.55 bits per heavy atom. The van der Waals surface area contributed by atoms with Crippen LogP contribution in [0.4, 0.5) is 14.5 Å². The van der Waals surface area contributed by atoms with Crippen molar-refractivity contribution in [1.29, 1.82) is 0 Å². The van der Waals surface area contributed by atoms with Crippen molar-refractivity contribution in [2.45, 2.75) is 26.9 Å². The molecule has 31 heavy (non-hydrogen) atoms. The van der Waals surface area contributed by atoms with Gasteiger partial charge in [0.15, 0.2) is 5.96 Å². The number of piperazine rings is 1. The zero-order chi connectivity index (χ0) is 21.7. The second-order valence-corrected chi connectivity index (χ2v) is 7.34. The zero-order valence-corrected chi connectivity index (χ0v) is 20.8. The van der Waals surface area contributed by atoms with E-state index in [4.69, 9.17) is 4.74 Å². The number of rotatable bonds is 6. The molecule has 2 heterocycles. The van der Waals surface area contributed by atoms with Gasteiger partial charge < -0.3 is 19.9 Å². The SMILES string of the molecule is CN=C(NCc1c(C)nn(CCOC)c1C)N1CCN(c2cc(F)ccc2F)CC1.I. The Morgan fingerprint density at radius 1 is 1.19 bits per heavy atom. The third kappa shape index (κ3) is 6.06. The standard InChI is InChI=1S/C21H30F2N6O.HI/c1-15-18(16(2)29(26-15)11-12-30-4)14-25-21(24-3)28-9-7-27(8-10-28)20-13-17(22)5-6-19(20)23;/h5-6,13H,7-12,14H2,1-4H3,(H,24,25);1H. The van der Waals surface area contributed by atoms with E-state index < -0.39 is 11.6 Å². The minimum absolute atomic E-state index is 0. The summed E-state index contributed by atoms with van der Waals surface area (Å²) in [4.78, 5) is 8.41. The van der Waals surface area contributed by atoms with Crippen molar-refractivity contribution in [3.63, 3.8) is 0 Å². The highest BCUT2D eigenvalue weighted by Gasteiger charge is 2.22. The maximum absolute atomic E-state index is 14.1. The molecule has 0 bridgehead atoms. The molecule has 1 aliphatic rings. The molecular formula is C21H31F2IN6O. The van der Waals surface area contributed by atoms with Crippen molar-refractivity contribution in [3.05, 3.63) is 46.8 Å². The monoisotopic (exact) mass is 548 g/mol. The zero-order valence-electron chi connectivity index (χ0n) is 18.5. The van der Waals surface area contributed by atoms with Gasteiger partial charge >= 0.3 is 0 Å². The lowest BCUT2D eigenvalue weighted by atomic mass is 10.2. The number of ether oxygens (including phenoxy) is 1. The topological polar surface area (TPSA) is 57.9 Å². The molecular weight excluding hydrogens is 517 g/mol. The molecule has 0 atom stereocenters.